The van der Waals surface area contributed by atoms with Gasteiger partial charge in [0.1, 0.15) is 6.61 Å². The van der Waals surface area contributed by atoms with E-state index in [4.69, 9.17) is 4.74 Å². The molecule has 0 saturated heterocycles. The number of hydrogen-bond donors (Lipinski definition) is 0. The number of carbonyl (C=O) groups excluding carboxylic acids is 1. The molecule has 0 N–H and O–H groups in total. The van der Waals surface area contributed by atoms with E-state index in [0.717, 1.165) is 19.3 Å². The quantitative estimate of drug-likeness (QED) is 0.380. The summed E-state index contributed by atoms with van der Waals surface area (Å²) in [5.41, 5.74) is 2.66. The lowest BCUT2D eigenvalue weighted by Crippen LogP contribution is -1.98. The first-order chi connectivity index (χ1) is 7.02. The molecule has 0 aromatic rings. The highest BCUT2D eigenvalue weighted by atomic mass is 16.5. The molecule has 86 valence electrons. The van der Waals surface area contributed by atoms with E-state index in [0.29, 0.717) is 6.61 Å². The van der Waals surface area contributed by atoms with Crippen LogP contribution in [0.25, 0.3) is 0 Å². The smallest absolute Gasteiger partial charge is 0.302 e. The summed E-state index contributed by atoms with van der Waals surface area (Å²) < 4.78 is 4.83. The van der Waals surface area contributed by atoms with Crippen molar-refractivity contribution in [3.63, 3.8) is 0 Å². The highest BCUT2D eigenvalue weighted by Crippen LogP contribution is 2.08. The second kappa shape index (κ2) is 8.27. The number of rotatable bonds is 6. The zero-order valence-electron chi connectivity index (χ0n) is 10.3. The van der Waals surface area contributed by atoms with Crippen LogP contribution in [0.4, 0.5) is 0 Å². The fraction of sp³-hybridized carbons (Fsp3) is 0.615. The topological polar surface area (TPSA) is 26.3 Å². The Hall–Kier alpha value is -1.05. The van der Waals surface area contributed by atoms with E-state index < -0.39 is 0 Å². The second-order valence-corrected chi connectivity index (χ2v) is 4.03. The van der Waals surface area contributed by atoms with Crippen LogP contribution in [0.2, 0.25) is 0 Å². The highest BCUT2D eigenvalue weighted by Gasteiger charge is 1.92. The van der Waals surface area contributed by atoms with Gasteiger partial charge in [0.2, 0.25) is 0 Å². The van der Waals surface area contributed by atoms with E-state index in [1.54, 1.807) is 0 Å². The van der Waals surface area contributed by atoms with Crippen molar-refractivity contribution in [3.8, 4) is 0 Å². The largest absolute Gasteiger partial charge is 0.462 e. The van der Waals surface area contributed by atoms with Crippen molar-refractivity contribution in [2.24, 2.45) is 0 Å². The minimum absolute atomic E-state index is 0.219. The van der Waals surface area contributed by atoms with Gasteiger partial charge < -0.3 is 4.74 Å². The minimum Gasteiger partial charge on any atom is -0.462 e. The van der Waals surface area contributed by atoms with Crippen LogP contribution >= 0.6 is 0 Å². The Kier molecular flexibility index (Phi) is 7.69. The molecule has 2 heteroatoms. The van der Waals surface area contributed by atoms with Crippen LogP contribution in [-0.4, -0.2) is 12.6 Å². The molecule has 0 fully saturated rings. The van der Waals surface area contributed by atoms with Gasteiger partial charge in [-0.3, -0.25) is 4.79 Å². The van der Waals surface area contributed by atoms with Crippen LogP contribution in [0.15, 0.2) is 23.3 Å². The van der Waals surface area contributed by atoms with Gasteiger partial charge >= 0.3 is 5.97 Å². The molecule has 0 spiro atoms. The fourth-order valence-electron chi connectivity index (χ4n) is 1.17. The Morgan fingerprint density at radius 1 is 1.13 bits per heavy atom. The van der Waals surface area contributed by atoms with Crippen molar-refractivity contribution >= 4 is 5.97 Å². The first-order valence-electron chi connectivity index (χ1n) is 5.44. The Balaban J connectivity index is 3.59. The number of carbonyl (C=O) groups is 1. The standard InChI is InChI=1S/C13H22O2/c1-11(2)7-5-6-8-12(3)9-10-15-13(4)14/h7,9H,5-6,8,10H2,1-4H3/b12-9-. The van der Waals surface area contributed by atoms with Crippen molar-refractivity contribution in [1.82, 2.24) is 0 Å². The van der Waals surface area contributed by atoms with Crippen molar-refractivity contribution in [2.45, 2.75) is 47.0 Å². The Labute approximate surface area is 93.0 Å². The minimum atomic E-state index is -0.219. The molecule has 0 aliphatic carbocycles. The molecule has 2 nitrogen and oxygen atoms in total. The summed E-state index contributed by atoms with van der Waals surface area (Å²) in [6.45, 7) is 8.14. The first kappa shape index (κ1) is 13.9. The van der Waals surface area contributed by atoms with Gasteiger partial charge in [-0.15, -0.1) is 0 Å². The van der Waals surface area contributed by atoms with Crippen LogP contribution in [-0.2, 0) is 9.53 Å². The molecule has 0 aliphatic heterocycles. The van der Waals surface area contributed by atoms with Gasteiger partial charge in [0, 0.05) is 6.92 Å². The van der Waals surface area contributed by atoms with E-state index in [-0.39, 0.29) is 5.97 Å². The first-order valence-corrected chi connectivity index (χ1v) is 5.44. The van der Waals surface area contributed by atoms with E-state index >= 15 is 0 Å². The van der Waals surface area contributed by atoms with E-state index in [9.17, 15) is 4.79 Å². The molecule has 0 bridgehead atoms. The second-order valence-electron chi connectivity index (χ2n) is 4.03. The SMILES string of the molecule is CC(=O)OC/C=C(/C)CCCC=C(C)C. The van der Waals surface area contributed by atoms with Crippen LogP contribution in [0, 0.1) is 0 Å². The third kappa shape index (κ3) is 10.9. The van der Waals surface area contributed by atoms with Crippen LogP contribution in [0.3, 0.4) is 0 Å². The molecular weight excluding hydrogens is 188 g/mol. The molecule has 0 heterocycles. The molecular formula is C13H22O2. The number of hydrogen-bond acceptors (Lipinski definition) is 2. The van der Waals surface area contributed by atoms with Gasteiger partial charge in [0.25, 0.3) is 0 Å². The van der Waals surface area contributed by atoms with Crippen LogP contribution in [0.1, 0.15) is 47.0 Å². The van der Waals surface area contributed by atoms with Gasteiger partial charge in [-0.2, -0.15) is 0 Å². The van der Waals surface area contributed by atoms with Crippen LogP contribution in [0.5, 0.6) is 0 Å². The third-order valence-corrected chi connectivity index (χ3v) is 2.05. The molecule has 0 unspecified atom stereocenters. The van der Waals surface area contributed by atoms with Gasteiger partial charge in [-0.1, -0.05) is 17.2 Å². The van der Waals surface area contributed by atoms with Crippen molar-refractivity contribution in [2.75, 3.05) is 6.61 Å². The average molecular weight is 210 g/mol. The fourth-order valence-corrected chi connectivity index (χ4v) is 1.17. The molecule has 0 radical (unpaired) electrons. The summed E-state index contributed by atoms with van der Waals surface area (Å²) in [6, 6.07) is 0. The molecule has 0 aromatic carbocycles. The van der Waals surface area contributed by atoms with Gasteiger partial charge in [-0.05, 0) is 46.1 Å². The summed E-state index contributed by atoms with van der Waals surface area (Å²) in [5, 5.41) is 0. The Morgan fingerprint density at radius 2 is 1.80 bits per heavy atom. The zero-order chi connectivity index (χ0) is 11.7. The maximum Gasteiger partial charge on any atom is 0.302 e. The van der Waals surface area contributed by atoms with E-state index in [1.807, 2.05) is 6.08 Å². The van der Waals surface area contributed by atoms with Crippen molar-refractivity contribution in [3.05, 3.63) is 23.3 Å². The van der Waals surface area contributed by atoms with E-state index in [1.165, 1.54) is 18.1 Å². The van der Waals surface area contributed by atoms with Gasteiger partial charge in [0.05, 0.1) is 0 Å². The lowest BCUT2D eigenvalue weighted by molar-refractivity contribution is -0.139. The molecule has 15 heavy (non-hydrogen) atoms. The lowest BCUT2D eigenvalue weighted by atomic mass is 10.1. The van der Waals surface area contributed by atoms with Gasteiger partial charge in [-0.25, -0.2) is 0 Å². The molecule has 0 aromatic heterocycles. The highest BCUT2D eigenvalue weighted by molar-refractivity contribution is 5.66. The normalized spacial score (nSPS) is 11.1. The zero-order valence-corrected chi connectivity index (χ0v) is 10.3. The molecule has 0 saturated carbocycles. The number of allylic oxidation sites excluding steroid dienone is 3. The lowest BCUT2D eigenvalue weighted by Gasteiger charge is -2.01. The molecule has 0 aliphatic rings. The average Bonchev–Trinajstić information content (AvgIpc) is 2.11. The molecule has 0 atom stereocenters. The predicted molar refractivity (Wildman–Crippen MR) is 63.7 cm³/mol. The summed E-state index contributed by atoms with van der Waals surface area (Å²) in [7, 11) is 0. The summed E-state index contributed by atoms with van der Waals surface area (Å²) in [6.07, 6.45) is 7.59. The number of ether oxygens (including phenoxy) is 1. The van der Waals surface area contributed by atoms with Gasteiger partial charge in [0.15, 0.2) is 0 Å². The number of esters is 1. The molecule has 0 amide bonds. The number of unbranched alkanes of at least 4 members (excludes halogenated alkanes) is 1. The molecule has 0 rings (SSSR count). The maximum atomic E-state index is 10.5. The summed E-state index contributed by atoms with van der Waals surface area (Å²) in [5.74, 6) is -0.219. The maximum absolute atomic E-state index is 10.5. The third-order valence-electron chi connectivity index (χ3n) is 2.05. The monoisotopic (exact) mass is 210 g/mol. The van der Waals surface area contributed by atoms with Crippen molar-refractivity contribution in [1.29, 1.82) is 0 Å². The van der Waals surface area contributed by atoms with E-state index in [2.05, 4.69) is 26.8 Å². The Morgan fingerprint density at radius 3 is 2.33 bits per heavy atom. The summed E-state index contributed by atoms with van der Waals surface area (Å²) in [4.78, 5) is 10.5. The predicted octanol–water partition coefficient (Wildman–Crippen LogP) is 3.63. The van der Waals surface area contributed by atoms with Crippen LogP contribution < -0.4 is 0 Å². The summed E-state index contributed by atoms with van der Waals surface area (Å²) >= 11 is 0. The van der Waals surface area contributed by atoms with Crippen molar-refractivity contribution < 1.29 is 9.53 Å². The Bertz CT molecular complexity index is 245.